The Morgan fingerprint density at radius 1 is 1.19 bits per heavy atom. The Balaban J connectivity index is 2.37. The molecule has 1 atom stereocenters. The van der Waals surface area contributed by atoms with E-state index < -0.39 is 0 Å². The van der Waals surface area contributed by atoms with E-state index in [0.717, 1.165) is 12.1 Å². The maximum absolute atomic E-state index is 5.68. The van der Waals surface area contributed by atoms with E-state index >= 15 is 0 Å². The summed E-state index contributed by atoms with van der Waals surface area (Å²) in [6, 6.07) is 12.2. The molecule has 0 bridgehead atoms. The molecule has 82 valence electrons. The third-order valence-corrected chi connectivity index (χ3v) is 2.68. The van der Waals surface area contributed by atoms with Gasteiger partial charge in [-0.05, 0) is 12.0 Å². The van der Waals surface area contributed by atoms with Crippen molar-refractivity contribution in [3.63, 3.8) is 0 Å². The van der Waals surface area contributed by atoms with E-state index in [9.17, 15) is 0 Å². The number of benzene rings is 1. The molecule has 0 aliphatic carbocycles. The zero-order valence-corrected chi connectivity index (χ0v) is 9.30. The molecular weight excluding hydrogens is 198 g/mol. The molecule has 0 fully saturated rings. The minimum Gasteiger partial charge on any atom is -0.384 e. The van der Waals surface area contributed by atoms with E-state index in [1.54, 1.807) is 0 Å². The fourth-order valence-corrected chi connectivity index (χ4v) is 1.88. The van der Waals surface area contributed by atoms with Crippen LogP contribution in [0.2, 0.25) is 0 Å². The van der Waals surface area contributed by atoms with Crippen LogP contribution >= 0.6 is 0 Å². The number of rotatable bonds is 3. The first-order valence-corrected chi connectivity index (χ1v) is 5.43. The van der Waals surface area contributed by atoms with Crippen LogP contribution in [-0.4, -0.2) is 9.97 Å². The van der Waals surface area contributed by atoms with Gasteiger partial charge in [0, 0.05) is 12.0 Å². The van der Waals surface area contributed by atoms with Crippen LogP contribution in [0.15, 0.2) is 42.7 Å². The topological polar surface area (TPSA) is 51.8 Å². The van der Waals surface area contributed by atoms with Crippen molar-refractivity contribution in [2.75, 3.05) is 5.73 Å². The molecule has 1 aromatic heterocycles. The number of nitrogens with zero attached hydrogens (tertiary/aromatic N) is 2. The molecule has 3 nitrogen and oxygen atoms in total. The summed E-state index contributed by atoms with van der Waals surface area (Å²) in [7, 11) is 0. The average Bonchev–Trinajstić information content (AvgIpc) is 2.31. The molecule has 0 saturated heterocycles. The first kappa shape index (κ1) is 10.6. The Kier molecular flexibility index (Phi) is 3.15. The van der Waals surface area contributed by atoms with E-state index in [0.29, 0.717) is 11.7 Å². The van der Waals surface area contributed by atoms with Crippen molar-refractivity contribution in [2.45, 2.75) is 19.3 Å². The summed E-state index contributed by atoms with van der Waals surface area (Å²) in [5.74, 6) is 0.825. The lowest BCUT2D eigenvalue weighted by atomic mass is 9.93. The van der Waals surface area contributed by atoms with Gasteiger partial charge in [0.25, 0.3) is 0 Å². The van der Waals surface area contributed by atoms with Crippen molar-refractivity contribution >= 4 is 5.82 Å². The quantitative estimate of drug-likeness (QED) is 0.852. The number of hydrogen-bond donors (Lipinski definition) is 1. The van der Waals surface area contributed by atoms with Crippen LogP contribution in [0, 0.1) is 0 Å². The number of nitrogen functional groups attached to an aromatic ring is 1. The summed E-state index contributed by atoms with van der Waals surface area (Å²) in [4.78, 5) is 8.21. The number of hydrogen-bond acceptors (Lipinski definition) is 3. The Morgan fingerprint density at radius 3 is 2.56 bits per heavy atom. The van der Waals surface area contributed by atoms with Crippen molar-refractivity contribution in [1.82, 2.24) is 9.97 Å². The first-order chi connectivity index (χ1) is 7.81. The van der Waals surface area contributed by atoms with Crippen LogP contribution in [0.1, 0.15) is 30.5 Å². The molecule has 3 heteroatoms. The van der Waals surface area contributed by atoms with Gasteiger partial charge in [-0.15, -0.1) is 0 Å². The number of nitrogens with two attached hydrogens (primary N) is 1. The molecular formula is C13H15N3. The zero-order chi connectivity index (χ0) is 11.4. The Bertz CT molecular complexity index is 454. The zero-order valence-electron chi connectivity index (χ0n) is 9.30. The van der Waals surface area contributed by atoms with Crippen molar-refractivity contribution in [2.24, 2.45) is 0 Å². The standard InChI is InChI=1S/C13H15N3/c1-2-11(10-6-4-3-5-7-10)12-8-13(14)16-9-15-12/h3-9,11H,2H2,1H3,(H2,14,15,16)/t11-/m1/s1. The van der Waals surface area contributed by atoms with Gasteiger partial charge in [0.05, 0.1) is 5.69 Å². The fourth-order valence-electron chi connectivity index (χ4n) is 1.88. The SMILES string of the molecule is CC[C@H](c1ccccc1)c1cc(N)ncn1. The molecule has 0 saturated carbocycles. The van der Waals surface area contributed by atoms with Gasteiger partial charge in [-0.1, -0.05) is 37.3 Å². The van der Waals surface area contributed by atoms with Crippen LogP contribution in [0.4, 0.5) is 5.82 Å². The molecule has 0 unspecified atom stereocenters. The number of anilines is 1. The predicted octanol–water partition coefficient (Wildman–Crippen LogP) is 2.60. The van der Waals surface area contributed by atoms with Gasteiger partial charge in [0.15, 0.2) is 0 Å². The molecule has 0 radical (unpaired) electrons. The molecule has 1 aromatic carbocycles. The number of aromatic nitrogens is 2. The highest BCUT2D eigenvalue weighted by molar-refractivity contribution is 5.34. The predicted molar refractivity (Wildman–Crippen MR) is 65.0 cm³/mol. The van der Waals surface area contributed by atoms with Crippen LogP contribution in [0.3, 0.4) is 0 Å². The van der Waals surface area contributed by atoms with Gasteiger partial charge in [0.2, 0.25) is 0 Å². The smallest absolute Gasteiger partial charge is 0.127 e. The van der Waals surface area contributed by atoms with Crippen molar-refractivity contribution in [3.8, 4) is 0 Å². The van der Waals surface area contributed by atoms with Crippen molar-refractivity contribution < 1.29 is 0 Å². The molecule has 0 aliphatic heterocycles. The normalized spacial score (nSPS) is 12.3. The monoisotopic (exact) mass is 213 g/mol. The molecule has 2 rings (SSSR count). The molecule has 0 spiro atoms. The van der Waals surface area contributed by atoms with Crippen LogP contribution in [-0.2, 0) is 0 Å². The van der Waals surface area contributed by atoms with E-state index in [1.807, 2.05) is 24.3 Å². The maximum Gasteiger partial charge on any atom is 0.127 e. The third kappa shape index (κ3) is 2.19. The Hall–Kier alpha value is -1.90. The second-order valence-electron chi connectivity index (χ2n) is 3.74. The lowest BCUT2D eigenvalue weighted by Crippen LogP contribution is -2.04. The Labute approximate surface area is 95.4 Å². The summed E-state index contributed by atoms with van der Waals surface area (Å²) in [5.41, 5.74) is 7.93. The van der Waals surface area contributed by atoms with E-state index in [1.165, 1.54) is 11.9 Å². The summed E-state index contributed by atoms with van der Waals surface area (Å²) in [6.07, 6.45) is 2.52. The second-order valence-corrected chi connectivity index (χ2v) is 3.74. The highest BCUT2D eigenvalue weighted by Gasteiger charge is 2.13. The van der Waals surface area contributed by atoms with Gasteiger partial charge in [-0.3, -0.25) is 0 Å². The van der Waals surface area contributed by atoms with Gasteiger partial charge >= 0.3 is 0 Å². The minimum atomic E-state index is 0.298. The lowest BCUT2D eigenvalue weighted by Gasteiger charge is -2.14. The summed E-state index contributed by atoms with van der Waals surface area (Å²) in [5, 5.41) is 0. The second kappa shape index (κ2) is 4.75. The van der Waals surface area contributed by atoms with Crippen LogP contribution in [0.25, 0.3) is 0 Å². The fraction of sp³-hybridized carbons (Fsp3) is 0.231. The molecule has 2 N–H and O–H groups in total. The lowest BCUT2D eigenvalue weighted by molar-refractivity contribution is 0.746. The molecule has 1 heterocycles. The molecule has 2 aromatic rings. The molecule has 0 amide bonds. The largest absolute Gasteiger partial charge is 0.384 e. The van der Waals surface area contributed by atoms with Gasteiger partial charge in [0.1, 0.15) is 12.1 Å². The summed E-state index contributed by atoms with van der Waals surface area (Å²) >= 11 is 0. The molecule has 0 aliphatic rings. The van der Waals surface area contributed by atoms with Crippen LogP contribution in [0.5, 0.6) is 0 Å². The average molecular weight is 213 g/mol. The first-order valence-electron chi connectivity index (χ1n) is 5.43. The highest BCUT2D eigenvalue weighted by atomic mass is 14.9. The van der Waals surface area contributed by atoms with Crippen molar-refractivity contribution in [1.29, 1.82) is 0 Å². The van der Waals surface area contributed by atoms with Crippen molar-refractivity contribution in [3.05, 3.63) is 54.0 Å². The Morgan fingerprint density at radius 2 is 1.94 bits per heavy atom. The van der Waals surface area contributed by atoms with E-state index in [2.05, 4.69) is 29.0 Å². The maximum atomic E-state index is 5.68. The van der Waals surface area contributed by atoms with E-state index in [-0.39, 0.29) is 0 Å². The summed E-state index contributed by atoms with van der Waals surface area (Å²) < 4.78 is 0. The van der Waals surface area contributed by atoms with Crippen LogP contribution < -0.4 is 5.73 Å². The molecule has 16 heavy (non-hydrogen) atoms. The van der Waals surface area contributed by atoms with E-state index in [4.69, 9.17) is 5.73 Å². The third-order valence-electron chi connectivity index (χ3n) is 2.68. The highest BCUT2D eigenvalue weighted by Crippen LogP contribution is 2.26. The van der Waals surface area contributed by atoms with Gasteiger partial charge < -0.3 is 5.73 Å². The van der Waals surface area contributed by atoms with Gasteiger partial charge in [-0.25, -0.2) is 9.97 Å². The minimum absolute atomic E-state index is 0.298. The van der Waals surface area contributed by atoms with Gasteiger partial charge in [-0.2, -0.15) is 0 Å². The summed E-state index contributed by atoms with van der Waals surface area (Å²) in [6.45, 7) is 2.15.